The maximum Gasteiger partial charge on any atom is 0.210 e. The van der Waals surface area contributed by atoms with Gasteiger partial charge >= 0.3 is 0 Å². The van der Waals surface area contributed by atoms with Gasteiger partial charge in [-0.1, -0.05) is 0 Å². The van der Waals surface area contributed by atoms with Crippen LogP contribution in [0, 0.1) is 0 Å². The van der Waals surface area contributed by atoms with Crippen LogP contribution < -0.4 is 5.32 Å². The second-order valence-electron chi connectivity index (χ2n) is 6.60. The molecule has 0 atom stereocenters. The first kappa shape index (κ1) is 13.5. The monoisotopic (exact) mass is 226 g/mol. The first-order valence-electron chi connectivity index (χ1n) is 6.19. The van der Waals surface area contributed by atoms with Gasteiger partial charge in [0.25, 0.3) is 0 Å². The van der Waals surface area contributed by atoms with Gasteiger partial charge in [-0.05, 0) is 54.4 Å². The number of carbonyl (C=O) groups is 1. The van der Waals surface area contributed by atoms with E-state index in [1.54, 1.807) is 0 Å². The third kappa shape index (κ3) is 3.21. The molecule has 0 aromatic heterocycles. The maximum absolute atomic E-state index is 11.2. The van der Waals surface area contributed by atoms with E-state index in [1.165, 1.54) is 0 Å². The van der Waals surface area contributed by atoms with Crippen molar-refractivity contribution < 1.29 is 4.79 Å². The van der Waals surface area contributed by atoms with Crippen LogP contribution in [0.15, 0.2) is 0 Å². The Kier molecular flexibility index (Phi) is 3.68. The minimum absolute atomic E-state index is 0.0998. The van der Waals surface area contributed by atoms with E-state index in [2.05, 4.69) is 46.9 Å². The van der Waals surface area contributed by atoms with Crippen molar-refractivity contribution in [3.05, 3.63) is 0 Å². The van der Waals surface area contributed by atoms with Crippen molar-refractivity contribution in [1.82, 2.24) is 10.2 Å². The summed E-state index contributed by atoms with van der Waals surface area (Å²) in [5, 5.41) is 3.64. The van der Waals surface area contributed by atoms with Crippen LogP contribution in [-0.2, 0) is 4.79 Å². The summed E-state index contributed by atoms with van der Waals surface area (Å²) in [6.45, 7) is 13.0. The van der Waals surface area contributed by atoms with Gasteiger partial charge in [-0.15, -0.1) is 0 Å². The van der Waals surface area contributed by atoms with E-state index in [0.717, 1.165) is 19.3 Å². The Morgan fingerprint density at radius 2 is 1.62 bits per heavy atom. The smallest absolute Gasteiger partial charge is 0.210 e. The van der Waals surface area contributed by atoms with E-state index >= 15 is 0 Å². The molecule has 1 N–H and O–H groups in total. The molecule has 0 aromatic rings. The van der Waals surface area contributed by atoms with E-state index in [9.17, 15) is 4.79 Å². The largest absolute Gasteiger partial charge is 0.340 e. The fourth-order valence-corrected chi connectivity index (χ4v) is 3.11. The molecule has 1 heterocycles. The third-order valence-corrected chi connectivity index (χ3v) is 3.31. The standard InChI is InChI=1S/C13H26N2O/c1-10(2)15(9-16)11-7-12(3,4)14-13(5,6)8-11/h9-11,14H,7-8H2,1-6H3. The molecule has 94 valence electrons. The molecule has 1 saturated heterocycles. The molecule has 1 rings (SSSR count). The summed E-state index contributed by atoms with van der Waals surface area (Å²) in [4.78, 5) is 13.1. The summed E-state index contributed by atoms with van der Waals surface area (Å²) in [5.74, 6) is 0. The predicted molar refractivity (Wildman–Crippen MR) is 67.4 cm³/mol. The van der Waals surface area contributed by atoms with Gasteiger partial charge in [-0.3, -0.25) is 4.79 Å². The molecular weight excluding hydrogens is 200 g/mol. The minimum Gasteiger partial charge on any atom is -0.340 e. The van der Waals surface area contributed by atoms with Crippen molar-refractivity contribution >= 4 is 6.41 Å². The molecule has 0 radical (unpaired) electrons. The van der Waals surface area contributed by atoms with Crippen LogP contribution in [0.3, 0.4) is 0 Å². The van der Waals surface area contributed by atoms with E-state index < -0.39 is 0 Å². The molecule has 3 nitrogen and oxygen atoms in total. The van der Waals surface area contributed by atoms with Gasteiger partial charge in [0.1, 0.15) is 0 Å². The summed E-state index contributed by atoms with van der Waals surface area (Å²) in [7, 11) is 0. The zero-order valence-corrected chi connectivity index (χ0v) is 11.5. The summed E-state index contributed by atoms with van der Waals surface area (Å²) in [5.41, 5.74) is 0.200. The predicted octanol–water partition coefficient (Wildman–Crippen LogP) is 2.16. The maximum atomic E-state index is 11.2. The first-order chi connectivity index (χ1) is 7.17. The van der Waals surface area contributed by atoms with Gasteiger partial charge in [0.15, 0.2) is 0 Å². The van der Waals surface area contributed by atoms with E-state index in [-0.39, 0.29) is 17.1 Å². The zero-order valence-electron chi connectivity index (χ0n) is 11.5. The summed E-state index contributed by atoms with van der Waals surface area (Å²) in [6, 6.07) is 0.635. The van der Waals surface area contributed by atoms with Crippen molar-refractivity contribution in [2.75, 3.05) is 0 Å². The Hall–Kier alpha value is -0.570. The molecule has 3 heteroatoms. The molecule has 0 spiro atoms. The molecule has 0 unspecified atom stereocenters. The normalized spacial score (nSPS) is 24.4. The number of nitrogens with zero attached hydrogens (tertiary/aromatic N) is 1. The van der Waals surface area contributed by atoms with Crippen LogP contribution in [0.5, 0.6) is 0 Å². The SMILES string of the molecule is CC(C)N(C=O)C1CC(C)(C)NC(C)(C)C1. The zero-order chi connectivity index (χ0) is 12.6. The fraction of sp³-hybridized carbons (Fsp3) is 0.923. The second-order valence-corrected chi connectivity index (χ2v) is 6.60. The molecule has 1 fully saturated rings. The molecule has 1 aliphatic heterocycles. The minimum atomic E-state index is 0.0998. The number of rotatable bonds is 3. The first-order valence-corrected chi connectivity index (χ1v) is 6.19. The van der Waals surface area contributed by atoms with Crippen molar-refractivity contribution in [2.24, 2.45) is 0 Å². The van der Waals surface area contributed by atoms with Crippen LogP contribution >= 0.6 is 0 Å². The molecule has 1 aliphatic rings. The second kappa shape index (κ2) is 4.36. The van der Waals surface area contributed by atoms with Crippen molar-refractivity contribution in [1.29, 1.82) is 0 Å². The highest BCUT2D eigenvalue weighted by molar-refractivity contribution is 5.48. The van der Waals surface area contributed by atoms with Crippen LogP contribution in [0.1, 0.15) is 54.4 Å². The third-order valence-electron chi connectivity index (χ3n) is 3.31. The van der Waals surface area contributed by atoms with Crippen molar-refractivity contribution in [3.8, 4) is 0 Å². The fourth-order valence-electron chi connectivity index (χ4n) is 3.11. The molecule has 0 saturated carbocycles. The van der Waals surface area contributed by atoms with Crippen molar-refractivity contribution in [3.63, 3.8) is 0 Å². The molecule has 1 amide bonds. The summed E-state index contributed by atoms with van der Waals surface area (Å²) >= 11 is 0. The Bertz CT molecular complexity index is 243. The van der Waals surface area contributed by atoms with E-state index in [0.29, 0.717) is 6.04 Å². The van der Waals surface area contributed by atoms with E-state index in [4.69, 9.17) is 0 Å². The Morgan fingerprint density at radius 1 is 1.19 bits per heavy atom. The Morgan fingerprint density at radius 3 is 1.94 bits per heavy atom. The van der Waals surface area contributed by atoms with Gasteiger partial charge in [0, 0.05) is 23.2 Å². The Balaban J connectivity index is 2.84. The number of piperidine rings is 1. The molecule has 16 heavy (non-hydrogen) atoms. The van der Waals surface area contributed by atoms with Gasteiger partial charge < -0.3 is 10.2 Å². The summed E-state index contributed by atoms with van der Waals surface area (Å²) < 4.78 is 0. The number of hydrogen-bond donors (Lipinski definition) is 1. The number of hydrogen-bond acceptors (Lipinski definition) is 2. The quantitative estimate of drug-likeness (QED) is 0.748. The lowest BCUT2D eigenvalue weighted by molar-refractivity contribution is -0.123. The molecule has 0 aromatic carbocycles. The topological polar surface area (TPSA) is 32.3 Å². The van der Waals surface area contributed by atoms with E-state index in [1.807, 2.05) is 4.90 Å². The number of carbonyl (C=O) groups excluding carboxylic acids is 1. The highest BCUT2D eigenvalue weighted by Crippen LogP contribution is 2.31. The van der Waals surface area contributed by atoms with Crippen molar-refractivity contribution in [2.45, 2.75) is 77.5 Å². The highest BCUT2D eigenvalue weighted by Gasteiger charge is 2.40. The summed E-state index contributed by atoms with van der Waals surface area (Å²) in [6.07, 6.45) is 3.05. The lowest BCUT2D eigenvalue weighted by Gasteiger charge is -2.49. The molecular formula is C13H26N2O. The average Bonchev–Trinajstić information content (AvgIpc) is 1.97. The Labute approximate surface area is 99.6 Å². The van der Waals surface area contributed by atoms with Crippen LogP contribution in [0.25, 0.3) is 0 Å². The van der Waals surface area contributed by atoms with Crippen LogP contribution in [-0.4, -0.2) is 34.5 Å². The van der Waals surface area contributed by atoms with Gasteiger partial charge in [-0.25, -0.2) is 0 Å². The average molecular weight is 226 g/mol. The van der Waals surface area contributed by atoms with Gasteiger partial charge in [0.05, 0.1) is 0 Å². The molecule has 0 aliphatic carbocycles. The van der Waals surface area contributed by atoms with Gasteiger partial charge in [-0.2, -0.15) is 0 Å². The highest BCUT2D eigenvalue weighted by atomic mass is 16.1. The van der Waals surface area contributed by atoms with Crippen LogP contribution in [0.4, 0.5) is 0 Å². The lowest BCUT2D eigenvalue weighted by atomic mass is 9.79. The van der Waals surface area contributed by atoms with Crippen LogP contribution in [0.2, 0.25) is 0 Å². The lowest BCUT2D eigenvalue weighted by Crippen LogP contribution is -2.62. The number of nitrogens with one attached hydrogen (secondary N) is 1. The van der Waals surface area contributed by atoms with Gasteiger partial charge in [0.2, 0.25) is 6.41 Å². The number of amides is 1. The molecule has 0 bridgehead atoms.